The van der Waals surface area contributed by atoms with E-state index in [1.165, 1.54) is 0 Å². The van der Waals surface area contributed by atoms with E-state index < -0.39 is 0 Å². The fourth-order valence-electron chi connectivity index (χ4n) is 0.529. The number of rotatable bonds is 1. The van der Waals surface area contributed by atoms with Gasteiger partial charge >= 0.3 is 0 Å². The molecule has 1 N–H and O–H groups in total. The van der Waals surface area contributed by atoms with Crippen molar-refractivity contribution in [1.82, 2.24) is 0 Å². The number of hydrogen-bond donors (Lipinski definition) is 1. The minimum Gasteiger partial charge on any atom is -1.00 e. The van der Waals surface area contributed by atoms with Crippen molar-refractivity contribution in [3.05, 3.63) is 30.6 Å². The van der Waals surface area contributed by atoms with Gasteiger partial charge in [-0.05, 0) is 0 Å². The third-order valence-electron chi connectivity index (χ3n) is 0.941. The van der Waals surface area contributed by atoms with Crippen LogP contribution < -0.4 is 21.5 Å². The summed E-state index contributed by atoms with van der Waals surface area (Å²) in [6.45, 7) is 0.0564. The van der Waals surface area contributed by atoms with Crippen molar-refractivity contribution in [3.8, 4) is 0 Å². The molecule has 0 bridgehead atoms. The van der Waals surface area contributed by atoms with Crippen LogP contribution in [0.25, 0.3) is 0 Å². The first-order valence-electron chi connectivity index (χ1n) is 2.48. The Morgan fingerprint density at radius 1 is 1.11 bits per heavy atom. The second-order valence-corrected chi connectivity index (χ2v) is 1.53. The van der Waals surface area contributed by atoms with Crippen LogP contribution in [-0.4, -0.2) is 5.11 Å². The van der Waals surface area contributed by atoms with Crippen LogP contribution in [-0.2, 0) is 6.73 Å². The van der Waals surface area contributed by atoms with Gasteiger partial charge in [0.1, 0.15) is 0 Å². The highest BCUT2D eigenvalue weighted by atomic mass is 79.9. The summed E-state index contributed by atoms with van der Waals surface area (Å²) in [5.41, 5.74) is 0. The molecule has 0 atom stereocenters. The lowest BCUT2D eigenvalue weighted by Gasteiger charge is -1.84. The molecule has 1 aromatic rings. The van der Waals surface area contributed by atoms with Crippen LogP contribution in [0.15, 0.2) is 30.6 Å². The predicted molar refractivity (Wildman–Crippen MR) is 28.9 cm³/mol. The van der Waals surface area contributed by atoms with Crippen molar-refractivity contribution in [2.45, 2.75) is 6.73 Å². The number of aliphatic hydroxyl groups excluding tert-OH is 1. The van der Waals surface area contributed by atoms with Crippen LogP contribution in [0.4, 0.5) is 0 Å². The molecule has 0 spiro atoms. The molecule has 50 valence electrons. The van der Waals surface area contributed by atoms with Gasteiger partial charge in [0.2, 0.25) is 6.73 Å². The fourth-order valence-corrected chi connectivity index (χ4v) is 0.529. The second kappa shape index (κ2) is 4.47. The molecule has 0 amide bonds. The highest BCUT2D eigenvalue weighted by molar-refractivity contribution is 4.83. The second-order valence-electron chi connectivity index (χ2n) is 1.53. The third-order valence-corrected chi connectivity index (χ3v) is 0.941. The summed E-state index contributed by atoms with van der Waals surface area (Å²) < 4.78 is 1.68. The Kier molecular flexibility index (Phi) is 4.26. The molecule has 0 aromatic carbocycles. The molecule has 0 aliphatic carbocycles. The first kappa shape index (κ1) is 8.59. The molecule has 1 heterocycles. The Labute approximate surface area is 64.5 Å². The van der Waals surface area contributed by atoms with Crippen LogP contribution in [0.3, 0.4) is 0 Å². The maximum atomic E-state index is 8.50. The average Bonchev–Trinajstić information content (AvgIpc) is 1.90. The summed E-state index contributed by atoms with van der Waals surface area (Å²) in [5.74, 6) is 0. The standard InChI is InChI=1S/C6H8NO.BrH/c8-6-7-4-2-1-3-5-7;/h1-5,8H,6H2;1H/q+1;/p-1. The van der Waals surface area contributed by atoms with Gasteiger partial charge in [0.05, 0.1) is 0 Å². The van der Waals surface area contributed by atoms with E-state index >= 15 is 0 Å². The van der Waals surface area contributed by atoms with Crippen molar-refractivity contribution in [2.75, 3.05) is 0 Å². The summed E-state index contributed by atoms with van der Waals surface area (Å²) in [4.78, 5) is 0. The van der Waals surface area contributed by atoms with E-state index in [-0.39, 0.29) is 23.7 Å². The topological polar surface area (TPSA) is 24.1 Å². The quantitative estimate of drug-likeness (QED) is 0.467. The minimum atomic E-state index is 0. The maximum Gasteiger partial charge on any atom is 0.250 e. The normalized spacial score (nSPS) is 8.11. The molecule has 2 nitrogen and oxygen atoms in total. The molecule has 3 heteroatoms. The molecule has 0 unspecified atom stereocenters. The summed E-state index contributed by atoms with van der Waals surface area (Å²) in [6.07, 6.45) is 3.61. The van der Waals surface area contributed by atoms with E-state index in [4.69, 9.17) is 5.11 Å². The van der Waals surface area contributed by atoms with Gasteiger partial charge in [0, 0.05) is 12.1 Å². The number of nitrogens with zero attached hydrogens (tertiary/aromatic N) is 1. The van der Waals surface area contributed by atoms with Crippen LogP contribution in [0.1, 0.15) is 0 Å². The van der Waals surface area contributed by atoms with Gasteiger partial charge < -0.3 is 22.1 Å². The number of aromatic nitrogens is 1. The third kappa shape index (κ3) is 2.58. The lowest BCUT2D eigenvalue weighted by atomic mass is 10.5. The zero-order valence-corrected chi connectivity index (χ0v) is 6.45. The Balaban J connectivity index is 0.000000640. The van der Waals surface area contributed by atoms with Crippen molar-refractivity contribution >= 4 is 0 Å². The van der Waals surface area contributed by atoms with E-state index in [0.717, 1.165) is 0 Å². The minimum absolute atomic E-state index is 0. The predicted octanol–water partition coefficient (Wildman–Crippen LogP) is -3.07. The van der Waals surface area contributed by atoms with Crippen LogP contribution in [0.5, 0.6) is 0 Å². The van der Waals surface area contributed by atoms with Crippen molar-refractivity contribution in [3.63, 3.8) is 0 Å². The average molecular weight is 190 g/mol. The fraction of sp³-hybridized carbons (Fsp3) is 0.167. The molecule has 0 radical (unpaired) electrons. The van der Waals surface area contributed by atoms with Crippen molar-refractivity contribution < 1.29 is 26.7 Å². The van der Waals surface area contributed by atoms with Gasteiger partial charge in [0.25, 0.3) is 0 Å². The Morgan fingerprint density at radius 2 is 1.67 bits per heavy atom. The largest absolute Gasteiger partial charge is 1.00 e. The Bertz CT molecular complexity index is 154. The molecule has 1 aromatic heterocycles. The van der Waals surface area contributed by atoms with E-state index in [0.29, 0.717) is 0 Å². The number of halogens is 1. The summed E-state index contributed by atoms with van der Waals surface area (Å²) in [7, 11) is 0. The molecule has 1 rings (SSSR count). The molecule has 0 saturated heterocycles. The lowest BCUT2D eigenvalue weighted by molar-refractivity contribution is -0.729. The molecule has 0 saturated carbocycles. The zero-order chi connectivity index (χ0) is 5.82. The number of hydrogen-bond acceptors (Lipinski definition) is 1. The van der Waals surface area contributed by atoms with E-state index in [1.807, 2.05) is 18.2 Å². The molecular formula is C6H8BrNO. The highest BCUT2D eigenvalue weighted by Gasteiger charge is 1.87. The van der Waals surface area contributed by atoms with Crippen LogP contribution in [0.2, 0.25) is 0 Å². The first-order valence-corrected chi connectivity index (χ1v) is 2.48. The summed E-state index contributed by atoms with van der Waals surface area (Å²) in [6, 6.07) is 5.65. The molecule has 9 heavy (non-hydrogen) atoms. The number of pyridine rings is 1. The summed E-state index contributed by atoms with van der Waals surface area (Å²) >= 11 is 0. The van der Waals surface area contributed by atoms with Gasteiger partial charge in [-0.3, -0.25) is 0 Å². The molecule has 0 aliphatic rings. The Morgan fingerprint density at radius 3 is 2.00 bits per heavy atom. The zero-order valence-electron chi connectivity index (χ0n) is 4.87. The van der Waals surface area contributed by atoms with Crippen LogP contribution in [0, 0.1) is 0 Å². The molecule has 0 aliphatic heterocycles. The monoisotopic (exact) mass is 189 g/mol. The highest BCUT2D eigenvalue weighted by Crippen LogP contribution is 1.73. The van der Waals surface area contributed by atoms with Gasteiger partial charge in [-0.15, -0.1) is 0 Å². The van der Waals surface area contributed by atoms with E-state index in [2.05, 4.69) is 0 Å². The smallest absolute Gasteiger partial charge is 0.250 e. The van der Waals surface area contributed by atoms with Crippen LogP contribution >= 0.6 is 0 Å². The van der Waals surface area contributed by atoms with Gasteiger partial charge in [-0.1, -0.05) is 6.07 Å². The van der Waals surface area contributed by atoms with Crippen molar-refractivity contribution in [2.24, 2.45) is 0 Å². The Hall–Kier alpha value is -0.410. The van der Waals surface area contributed by atoms with Crippen molar-refractivity contribution in [1.29, 1.82) is 0 Å². The number of aliphatic hydroxyl groups is 1. The van der Waals surface area contributed by atoms with E-state index in [9.17, 15) is 0 Å². The molecule has 0 fully saturated rings. The van der Waals surface area contributed by atoms with E-state index in [1.54, 1.807) is 17.0 Å². The maximum absolute atomic E-state index is 8.50. The van der Waals surface area contributed by atoms with Gasteiger partial charge in [0.15, 0.2) is 12.4 Å². The first-order chi connectivity index (χ1) is 3.93. The summed E-state index contributed by atoms with van der Waals surface area (Å²) in [5, 5.41) is 8.50. The van der Waals surface area contributed by atoms with Gasteiger partial charge in [-0.2, -0.15) is 4.57 Å². The lowest BCUT2D eigenvalue weighted by Crippen LogP contribution is -3.00. The molecular weight excluding hydrogens is 182 g/mol. The SMILES string of the molecule is OC[n+]1ccccc1.[Br-]. The van der Waals surface area contributed by atoms with Gasteiger partial charge in [-0.25, -0.2) is 0 Å².